The highest BCUT2D eigenvalue weighted by molar-refractivity contribution is 7.18. The molecule has 1 N–H and O–H groups in total. The maximum atomic E-state index is 5.26. The van der Waals surface area contributed by atoms with Crippen molar-refractivity contribution in [3.63, 3.8) is 0 Å². The van der Waals surface area contributed by atoms with E-state index in [1.54, 1.807) is 24.8 Å². The third-order valence-electron chi connectivity index (χ3n) is 3.76. The lowest BCUT2D eigenvalue weighted by Crippen LogP contribution is -2.06. The summed E-state index contributed by atoms with van der Waals surface area (Å²) in [5.74, 6) is 2.33. The molecule has 0 saturated heterocycles. The van der Waals surface area contributed by atoms with Crippen molar-refractivity contribution in [2.45, 2.75) is 26.2 Å². The smallest absolute Gasteiger partial charge is 0.138 e. The van der Waals surface area contributed by atoms with Gasteiger partial charge in [-0.2, -0.15) is 0 Å². The Morgan fingerprint density at radius 3 is 2.87 bits per heavy atom. The second kappa shape index (κ2) is 6.96. The zero-order chi connectivity index (χ0) is 16.2. The molecule has 2 aromatic heterocycles. The summed E-state index contributed by atoms with van der Waals surface area (Å²) in [5, 5.41) is 4.56. The maximum Gasteiger partial charge on any atom is 0.138 e. The molecule has 0 saturated carbocycles. The highest BCUT2D eigenvalue weighted by Gasteiger charge is 2.10. The molecule has 0 fully saturated rings. The molecule has 3 rings (SSSR count). The Bertz CT molecular complexity index is 798. The van der Waals surface area contributed by atoms with E-state index >= 15 is 0 Å². The zero-order valence-electron chi connectivity index (χ0n) is 13.7. The highest BCUT2D eigenvalue weighted by Crippen LogP contribution is 2.32. The Labute approximate surface area is 140 Å². The molecule has 23 heavy (non-hydrogen) atoms. The summed E-state index contributed by atoms with van der Waals surface area (Å²) in [6.07, 6.45) is 2.56. The van der Waals surface area contributed by atoms with Gasteiger partial charge in [0.05, 0.1) is 12.5 Å². The largest absolute Gasteiger partial charge is 0.497 e. The van der Waals surface area contributed by atoms with Crippen LogP contribution < -0.4 is 10.1 Å². The van der Waals surface area contributed by atoms with Crippen molar-refractivity contribution < 1.29 is 4.74 Å². The quantitative estimate of drug-likeness (QED) is 0.725. The van der Waals surface area contributed by atoms with Crippen LogP contribution in [0.25, 0.3) is 10.2 Å². The van der Waals surface area contributed by atoms with Crippen LogP contribution in [0.4, 0.5) is 5.82 Å². The molecule has 0 spiro atoms. The number of nitrogens with one attached hydrogen (secondary N) is 1. The van der Waals surface area contributed by atoms with Crippen LogP contribution in [0.1, 0.15) is 30.2 Å². The summed E-state index contributed by atoms with van der Waals surface area (Å²) in [6.45, 7) is 5.23. The van der Waals surface area contributed by atoms with Gasteiger partial charge in [0.1, 0.15) is 22.7 Å². The second-order valence-electron chi connectivity index (χ2n) is 5.77. The molecule has 0 radical (unpaired) electrons. The average molecular weight is 327 g/mol. The van der Waals surface area contributed by atoms with Gasteiger partial charge >= 0.3 is 0 Å². The summed E-state index contributed by atoms with van der Waals surface area (Å²) in [5.41, 5.74) is 1.25. The topological polar surface area (TPSA) is 47.0 Å². The number of methoxy groups -OCH3 is 1. The fourth-order valence-corrected chi connectivity index (χ4v) is 3.45. The van der Waals surface area contributed by atoms with Gasteiger partial charge in [0.25, 0.3) is 0 Å². The normalized spacial score (nSPS) is 11.1. The predicted molar refractivity (Wildman–Crippen MR) is 96.7 cm³/mol. The van der Waals surface area contributed by atoms with Crippen molar-refractivity contribution >= 4 is 27.4 Å². The first-order chi connectivity index (χ1) is 11.2. The molecule has 120 valence electrons. The van der Waals surface area contributed by atoms with Gasteiger partial charge < -0.3 is 10.1 Å². The van der Waals surface area contributed by atoms with Crippen molar-refractivity contribution in [2.24, 2.45) is 0 Å². The van der Waals surface area contributed by atoms with E-state index in [9.17, 15) is 0 Å². The molecule has 4 nitrogen and oxygen atoms in total. The number of ether oxygens (including phenoxy) is 1. The Morgan fingerprint density at radius 2 is 2.09 bits per heavy atom. The number of nitrogens with zero attached hydrogens (tertiary/aromatic N) is 2. The first kappa shape index (κ1) is 15.7. The molecular formula is C18H21N3OS. The maximum absolute atomic E-state index is 5.26. The minimum atomic E-state index is 0.513. The summed E-state index contributed by atoms with van der Waals surface area (Å²) in [6, 6.07) is 10.4. The van der Waals surface area contributed by atoms with E-state index in [2.05, 4.69) is 47.3 Å². The van der Waals surface area contributed by atoms with E-state index in [-0.39, 0.29) is 0 Å². The highest BCUT2D eigenvalue weighted by atomic mass is 32.1. The molecule has 5 heteroatoms. The Hall–Kier alpha value is -2.14. The first-order valence-electron chi connectivity index (χ1n) is 7.78. The van der Waals surface area contributed by atoms with Gasteiger partial charge in [-0.15, -0.1) is 11.3 Å². The number of anilines is 1. The number of benzene rings is 1. The lowest BCUT2D eigenvalue weighted by atomic mass is 10.1. The van der Waals surface area contributed by atoms with E-state index in [1.807, 2.05) is 12.1 Å². The molecule has 0 aliphatic heterocycles. The summed E-state index contributed by atoms with van der Waals surface area (Å²) in [4.78, 5) is 11.2. The Morgan fingerprint density at radius 1 is 1.22 bits per heavy atom. The van der Waals surface area contributed by atoms with Crippen LogP contribution in [0.3, 0.4) is 0 Å². The molecular weight excluding hydrogens is 306 g/mol. The van der Waals surface area contributed by atoms with Gasteiger partial charge in [0.2, 0.25) is 0 Å². The molecule has 0 bridgehead atoms. The minimum Gasteiger partial charge on any atom is -0.497 e. The van der Waals surface area contributed by atoms with E-state index in [1.165, 1.54) is 10.4 Å². The third kappa shape index (κ3) is 3.62. The van der Waals surface area contributed by atoms with E-state index in [0.29, 0.717) is 5.92 Å². The van der Waals surface area contributed by atoms with Crippen molar-refractivity contribution in [1.82, 2.24) is 9.97 Å². The van der Waals surface area contributed by atoms with Gasteiger partial charge in [-0.25, -0.2) is 9.97 Å². The molecule has 0 atom stereocenters. The lowest BCUT2D eigenvalue weighted by Gasteiger charge is -2.07. The molecule has 1 aromatic carbocycles. The van der Waals surface area contributed by atoms with Crippen LogP contribution >= 0.6 is 11.3 Å². The fraction of sp³-hybridized carbons (Fsp3) is 0.333. The average Bonchev–Trinajstić information content (AvgIpc) is 3.00. The van der Waals surface area contributed by atoms with E-state index in [4.69, 9.17) is 4.74 Å². The zero-order valence-corrected chi connectivity index (χ0v) is 14.5. The van der Waals surface area contributed by atoms with Gasteiger partial charge in [-0.3, -0.25) is 0 Å². The number of hydrogen-bond acceptors (Lipinski definition) is 5. The van der Waals surface area contributed by atoms with Crippen LogP contribution in [0.2, 0.25) is 0 Å². The summed E-state index contributed by atoms with van der Waals surface area (Å²) >= 11 is 1.75. The van der Waals surface area contributed by atoms with E-state index in [0.717, 1.165) is 34.7 Å². The van der Waals surface area contributed by atoms with Gasteiger partial charge in [0.15, 0.2) is 0 Å². The van der Waals surface area contributed by atoms with Gasteiger partial charge in [-0.05, 0) is 36.1 Å². The van der Waals surface area contributed by atoms with Crippen LogP contribution in [-0.4, -0.2) is 23.6 Å². The lowest BCUT2D eigenvalue weighted by molar-refractivity contribution is 0.414. The SMILES string of the molecule is COc1cccc(CCNc2ncnc3sc(C(C)C)cc23)c1. The van der Waals surface area contributed by atoms with Crippen LogP contribution in [0.15, 0.2) is 36.7 Å². The fourth-order valence-electron chi connectivity index (χ4n) is 2.45. The van der Waals surface area contributed by atoms with Gasteiger partial charge in [-0.1, -0.05) is 26.0 Å². The molecule has 0 amide bonds. The Balaban J connectivity index is 1.71. The number of rotatable bonds is 6. The molecule has 0 aliphatic rings. The van der Waals surface area contributed by atoms with E-state index < -0.39 is 0 Å². The second-order valence-corrected chi connectivity index (χ2v) is 6.84. The van der Waals surface area contributed by atoms with Crippen LogP contribution in [-0.2, 0) is 6.42 Å². The molecule has 0 unspecified atom stereocenters. The van der Waals surface area contributed by atoms with Crippen LogP contribution in [0, 0.1) is 0 Å². The monoisotopic (exact) mass is 327 g/mol. The standard InChI is InChI=1S/C18H21N3OS/c1-12(2)16-10-15-17(20-11-21-18(15)23-16)19-8-7-13-5-4-6-14(9-13)22-3/h4-6,9-12H,7-8H2,1-3H3,(H,19,20,21). The van der Waals surface area contributed by atoms with Gasteiger partial charge in [0, 0.05) is 11.4 Å². The predicted octanol–water partition coefficient (Wildman–Crippen LogP) is 4.48. The number of thiophene rings is 1. The number of fused-ring (bicyclic) bond motifs is 1. The van der Waals surface area contributed by atoms with Crippen molar-refractivity contribution in [1.29, 1.82) is 0 Å². The minimum absolute atomic E-state index is 0.513. The summed E-state index contributed by atoms with van der Waals surface area (Å²) in [7, 11) is 1.69. The Kier molecular flexibility index (Phi) is 4.76. The number of hydrogen-bond donors (Lipinski definition) is 1. The molecule has 2 heterocycles. The number of aromatic nitrogens is 2. The molecule has 3 aromatic rings. The van der Waals surface area contributed by atoms with Crippen molar-refractivity contribution in [3.05, 3.63) is 47.1 Å². The molecule has 0 aliphatic carbocycles. The van der Waals surface area contributed by atoms with Crippen molar-refractivity contribution in [2.75, 3.05) is 19.0 Å². The summed E-state index contributed by atoms with van der Waals surface area (Å²) < 4.78 is 5.26. The van der Waals surface area contributed by atoms with Crippen LogP contribution in [0.5, 0.6) is 5.75 Å². The first-order valence-corrected chi connectivity index (χ1v) is 8.60. The van der Waals surface area contributed by atoms with Crippen molar-refractivity contribution in [3.8, 4) is 5.75 Å². The third-order valence-corrected chi connectivity index (χ3v) is 5.10.